The topological polar surface area (TPSA) is 70.7 Å². The molecule has 1 aliphatic carbocycles. The van der Waals surface area contributed by atoms with Gasteiger partial charge in [-0.25, -0.2) is 4.79 Å². The largest absolute Gasteiger partial charge is 0.450 e. The molecule has 1 saturated heterocycles. The first-order valence-electron chi connectivity index (χ1n) is 9.59. The molecule has 1 aromatic rings. The third kappa shape index (κ3) is 4.18. The summed E-state index contributed by atoms with van der Waals surface area (Å²) in [5, 5.41) is 6.59. The number of rotatable bonds is 6. The first kappa shape index (κ1) is 18.7. The molecule has 2 aliphatic rings. The zero-order valence-electron chi connectivity index (χ0n) is 15.7. The normalized spacial score (nSPS) is 24.4. The number of ether oxygens (including phenoxy) is 1. The van der Waals surface area contributed by atoms with Crippen molar-refractivity contribution in [2.24, 2.45) is 11.8 Å². The highest BCUT2D eigenvalue weighted by molar-refractivity contribution is 5.95. The van der Waals surface area contributed by atoms with Gasteiger partial charge in [0.2, 0.25) is 0 Å². The smallest absolute Gasteiger partial charge is 0.409 e. The number of nitrogens with one attached hydrogen (secondary N) is 2. The molecule has 3 atom stereocenters. The average Bonchev–Trinajstić information content (AvgIpc) is 2.86. The Kier molecular flexibility index (Phi) is 6.14. The van der Waals surface area contributed by atoms with Crippen LogP contribution in [0.1, 0.15) is 35.7 Å². The lowest BCUT2D eigenvalue weighted by molar-refractivity contribution is 0.0752. The lowest BCUT2D eigenvalue weighted by Crippen LogP contribution is -2.53. The fraction of sp³-hybridized carbons (Fsp3) is 0.600. The van der Waals surface area contributed by atoms with Crippen LogP contribution in [0, 0.1) is 18.8 Å². The lowest BCUT2D eigenvalue weighted by atomic mass is 9.92. The highest BCUT2D eigenvalue weighted by Crippen LogP contribution is 2.37. The standard InChI is InChI=1S/C20H29N3O3/c1-3-26-20(25)23-12-15-8-9-16(13-23)18(15)21-10-11-22-19(24)17-7-5-4-6-14(17)2/h4-7,15-16,18,21H,3,8-13H2,1-2H3,(H,22,24)/t15-,16+,18?. The maximum atomic E-state index is 12.2. The Labute approximate surface area is 155 Å². The summed E-state index contributed by atoms with van der Waals surface area (Å²) in [5.41, 5.74) is 1.72. The van der Waals surface area contributed by atoms with E-state index in [4.69, 9.17) is 4.74 Å². The number of likely N-dealkylation sites (tertiary alicyclic amines) is 1. The molecular formula is C20H29N3O3. The van der Waals surface area contributed by atoms with E-state index in [1.165, 1.54) is 0 Å². The predicted molar refractivity (Wildman–Crippen MR) is 100 cm³/mol. The second-order valence-electron chi connectivity index (χ2n) is 7.25. The maximum Gasteiger partial charge on any atom is 0.409 e. The van der Waals surface area contributed by atoms with Gasteiger partial charge < -0.3 is 20.3 Å². The molecule has 6 nitrogen and oxygen atoms in total. The van der Waals surface area contributed by atoms with Crippen LogP contribution in [0.25, 0.3) is 0 Å². The summed E-state index contributed by atoms with van der Waals surface area (Å²) in [6.45, 7) is 7.09. The highest BCUT2D eigenvalue weighted by atomic mass is 16.6. The van der Waals surface area contributed by atoms with Crippen molar-refractivity contribution in [3.05, 3.63) is 35.4 Å². The zero-order chi connectivity index (χ0) is 18.5. The molecule has 142 valence electrons. The quantitative estimate of drug-likeness (QED) is 0.764. The second kappa shape index (κ2) is 8.54. The number of amides is 2. The molecular weight excluding hydrogens is 330 g/mol. The van der Waals surface area contributed by atoms with Crippen molar-refractivity contribution in [3.63, 3.8) is 0 Å². The van der Waals surface area contributed by atoms with E-state index in [0.29, 0.717) is 31.0 Å². The van der Waals surface area contributed by atoms with Gasteiger partial charge in [-0.3, -0.25) is 4.79 Å². The Morgan fingerprint density at radius 1 is 1.15 bits per heavy atom. The average molecular weight is 359 g/mol. The summed E-state index contributed by atoms with van der Waals surface area (Å²) in [6.07, 6.45) is 2.11. The van der Waals surface area contributed by atoms with Crippen molar-refractivity contribution in [3.8, 4) is 0 Å². The highest BCUT2D eigenvalue weighted by Gasteiger charge is 2.43. The van der Waals surface area contributed by atoms with Gasteiger partial charge in [-0.15, -0.1) is 0 Å². The molecule has 2 bridgehead atoms. The van der Waals surface area contributed by atoms with Crippen molar-refractivity contribution in [2.45, 2.75) is 32.7 Å². The van der Waals surface area contributed by atoms with Crippen molar-refractivity contribution in [1.29, 1.82) is 0 Å². The summed E-state index contributed by atoms with van der Waals surface area (Å²) < 4.78 is 5.14. The molecule has 1 aliphatic heterocycles. The Morgan fingerprint density at radius 2 is 1.85 bits per heavy atom. The molecule has 1 saturated carbocycles. The van der Waals surface area contributed by atoms with Crippen LogP contribution in [-0.2, 0) is 4.74 Å². The van der Waals surface area contributed by atoms with Crippen molar-refractivity contribution in [2.75, 3.05) is 32.8 Å². The first-order chi connectivity index (χ1) is 12.6. The third-order valence-corrected chi connectivity index (χ3v) is 5.54. The van der Waals surface area contributed by atoms with E-state index in [1.807, 2.05) is 43.0 Å². The molecule has 26 heavy (non-hydrogen) atoms. The second-order valence-corrected chi connectivity index (χ2v) is 7.25. The van der Waals surface area contributed by atoms with E-state index in [2.05, 4.69) is 10.6 Å². The molecule has 2 fully saturated rings. The lowest BCUT2D eigenvalue weighted by Gasteiger charge is -2.37. The van der Waals surface area contributed by atoms with Gasteiger partial charge in [0.25, 0.3) is 5.91 Å². The van der Waals surface area contributed by atoms with Gasteiger partial charge >= 0.3 is 6.09 Å². The molecule has 1 aromatic carbocycles. The van der Waals surface area contributed by atoms with E-state index in [-0.39, 0.29) is 12.0 Å². The van der Waals surface area contributed by atoms with Crippen LogP contribution in [0.5, 0.6) is 0 Å². The Hall–Kier alpha value is -2.08. The number of carbonyl (C=O) groups is 2. The van der Waals surface area contributed by atoms with Crippen molar-refractivity contribution >= 4 is 12.0 Å². The molecule has 1 unspecified atom stereocenters. The van der Waals surface area contributed by atoms with Gasteiger partial charge in [0, 0.05) is 37.8 Å². The van der Waals surface area contributed by atoms with Crippen molar-refractivity contribution < 1.29 is 14.3 Å². The number of nitrogens with zero attached hydrogens (tertiary/aromatic N) is 1. The minimum absolute atomic E-state index is 0.0231. The fourth-order valence-corrected chi connectivity index (χ4v) is 4.26. The van der Waals surface area contributed by atoms with Gasteiger partial charge in [0.05, 0.1) is 6.61 Å². The van der Waals surface area contributed by atoms with Crippen LogP contribution in [0.4, 0.5) is 4.79 Å². The van der Waals surface area contributed by atoms with Gasteiger partial charge in [-0.2, -0.15) is 0 Å². The minimum Gasteiger partial charge on any atom is -0.450 e. The Morgan fingerprint density at radius 3 is 2.50 bits per heavy atom. The summed E-state index contributed by atoms with van der Waals surface area (Å²) >= 11 is 0. The zero-order valence-corrected chi connectivity index (χ0v) is 15.7. The number of benzene rings is 1. The summed E-state index contributed by atoms with van der Waals surface area (Å²) in [4.78, 5) is 26.0. The van der Waals surface area contributed by atoms with E-state index < -0.39 is 0 Å². The SMILES string of the molecule is CCOC(=O)N1C[C@H]2CC[C@@H](C1)C2NCCNC(=O)c1ccccc1C. The van der Waals surface area contributed by atoms with E-state index in [1.54, 1.807) is 0 Å². The van der Waals surface area contributed by atoms with Crippen LogP contribution in [0.2, 0.25) is 0 Å². The molecule has 2 N–H and O–H groups in total. The van der Waals surface area contributed by atoms with Crippen LogP contribution >= 0.6 is 0 Å². The molecule has 0 radical (unpaired) electrons. The molecule has 3 rings (SSSR count). The number of fused-ring (bicyclic) bond motifs is 2. The summed E-state index contributed by atoms with van der Waals surface area (Å²) in [7, 11) is 0. The van der Waals surface area contributed by atoms with Crippen molar-refractivity contribution in [1.82, 2.24) is 15.5 Å². The van der Waals surface area contributed by atoms with E-state index >= 15 is 0 Å². The van der Waals surface area contributed by atoms with Crippen LogP contribution in [-0.4, -0.2) is 55.7 Å². The summed E-state index contributed by atoms with van der Waals surface area (Å²) in [6, 6.07) is 8.04. The Bertz CT molecular complexity index is 635. The summed E-state index contributed by atoms with van der Waals surface area (Å²) in [5.74, 6) is 0.931. The van der Waals surface area contributed by atoms with Crippen LogP contribution in [0.15, 0.2) is 24.3 Å². The van der Waals surface area contributed by atoms with E-state index in [0.717, 1.165) is 43.6 Å². The minimum atomic E-state index is -0.187. The maximum absolute atomic E-state index is 12.2. The van der Waals surface area contributed by atoms with Gasteiger partial charge in [0.1, 0.15) is 0 Å². The van der Waals surface area contributed by atoms with Crippen LogP contribution < -0.4 is 10.6 Å². The molecule has 0 aromatic heterocycles. The fourth-order valence-electron chi connectivity index (χ4n) is 4.26. The van der Waals surface area contributed by atoms with Crippen LogP contribution in [0.3, 0.4) is 0 Å². The van der Waals surface area contributed by atoms with Gasteiger partial charge in [0.15, 0.2) is 0 Å². The van der Waals surface area contributed by atoms with Gasteiger partial charge in [-0.1, -0.05) is 18.2 Å². The Balaban J connectivity index is 1.43. The van der Waals surface area contributed by atoms with E-state index in [9.17, 15) is 9.59 Å². The number of hydrogen-bond acceptors (Lipinski definition) is 4. The third-order valence-electron chi connectivity index (χ3n) is 5.54. The molecule has 1 heterocycles. The number of piperidine rings is 1. The first-order valence-corrected chi connectivity index (χ1v) is 9.59. The number of hydrogen-bond donors (Lipinski definition) is 2. The molecule has 0 spiro atoms. The molecule has 6 heteroatoms. The monoisotopic (exact) mass is 359 g/mol. The predicted octanol–water partition coefficient (Wildman–Crippen LogP) is 2.18. The number of carbonyl (C=O) groups excluding carboxylic acids is 2. The molecule has 2 amide bonds. The van der Waals surface area contributed by atoms with Gasteiger partial charge in [-0.05, 0) is 50.2 Å². The number of aryl methyl sites for hydroxylation is 1.